The van der Waals surface area contributed by atoms with Gasteiger partial charge in [0, 0.05) is 5.39 Å². The second kappa shape index (κ2) is 7.10. The average Bonchev–Trinajstić information content (AvgIpc) is 2.63. The Balaban J connectivity index is 2.06. The van der Waals surface area contributed by atoms with E-state index < -0.39 is 0 Å². The number of fused-ring (bicyclic) bond motifs is 1. The van der Waals surface area contributed by atoms with Gasteiger partial charge in [0.2, 0.25) is 5.43 Å². The molecule has 0 fully saturated rings. The maximum atomic E-state index is 12.6. The fraction of sp³-hybridized carbons (Fsp3) is 0.250. The quantitative estimate of drug-likeness (QED) is 0.721. The molecular formula is C20H19N3O. The molecule has 0 aliphatic rings. The van der Waals surface area contributed by atoms with E-state index in [0.717, 1.165) is 23.9 Å². The normalized spacial score (nSPS) is 10.7. The Bertz CT molecular complexity index is 949. The number of aryl methyl sites for hydroxylation is 1. The van der Waals surface area contributed by atoms with E-state index in [1.165, 1.54) is 0 Å². The maximum absolute atomic E-state index is 12.6. The second-order valence-corrected chi connectivity index (χ2v) is 5.86. The summed E-state index contributed by atoms with van der Waals surface area (Å²) in [6.45, 7) is 2.68. The van der Waals surface area contributed by atoms with Crippen molar-refractivity contribution >= 4 is 10.9 Å². The molecule has 0 unspecified atom stereocenters. The van der Waals surface area contributed by atoms with E-state index >= 15 is 0 Å². The van der Waals surface area contributed by atoms with Crippen molar-refractivity contribution < 1.29 is 0 Å². The van der Waals surface area contributed by atoms with Gasteiger partial charge in [-0.1, -0.05) is 37.6 Å². The van der Waals surface area contributed by atoms with Gasteiger partial charge in [-0.15, -0.1) is 0 Å². The number of nitriles is 1. The molecule has 3 aromatic rings. The molecule has 0 bridgehead atoms. The molecule has 4 nitrogen and oxygen atoms in total. The van der Waals surface area contributed by atoms with Gasteiger partial charge < -0.3 is 0 Å². The van der Waals surface area contributed by atoms with Crippen molar-refractivity contribution in [3.8, 4) is 6.07 Å². The zero-order valence-corrected chi connectivity index (χ0v) is 13.7. The Labute approximate surface area is 141 Å². The summed E-state index contributed by atoms with van der Waals surface area (Å²) in [5, 5.41) is 14.2. The van der Waals surface area contributed by atoms with Gasteiger partial charge in [-0.25, -0.2) is 0 Å². The topological polar surface area (TPSA) is 58.7 Å². The largest absolute Gasteiger partial charge is 0.287 e. The minimum absolute atomic E-state index is 0.0372. The average molecular weight is 317 g/mol. The minimum Gasteiger partial charge on any atom is -0.287 e. The Morgan fingerprint density at radius 3 is 2.58 bits per heavy atom. The highest BCUT2D eigenvalue weighted by atomic mass is 16.1. The number of nitrogens with zero attached hydrogens (tertiary/aromatic N) is 3. The molecule has 0 N–H and O–H groups in total. The van der Waals surface area contributed by atoms with Crippen molar-refractivity contribution in [1.29, 1.82) is 5.26 Å². The van der Waals surface area contributed by atoms with Crippen LogP contribution in [0, 0.1) is 11.3 Å². The van der Waals surface area contributed by atoms with E-state index in [0.29, 0.717) is 29.6 Å². The highest BCUT2D eigenvalue weighted by molar-refractivity contribution is 5.78. The molecule has 0 aliphatic heterocycles. The molecule has 0 amide bonds. The highest BCUT2D eigenvalue weighted by Gasteiger charge is 2.10. The number of rotatable bonds is 5. The number of unbranched alkanes of at least 4 members (excludes halogenated alkanes) is 1. The van der Waals surface area contributed by atoms with Crippen molar-refractivity contribution in [3.05, 3.63) is 75.6 Å². The van der Waals surface area contributed by atoms with Crippen LogP contribution < -0.4 is 5.43 Å². The van der Waals surface area contributed by atoms with E-state index in [1.807, 2.05) is 41.1 Å². The van der Waals surface area contributed by atoms with Crippen LogP contribution in [0.1, 0.15) is 36.6 Å². The zero-order valence-electron chi connectivity index (χ0n) is 13.7. The van der Waals surface area contributed by atoms with Crippen LogP contribution in [0.15, 0.2) is 53.3 Å². The lowest BCUT2D eigenvalue weighted by molar-refractivity contribution is 0.653. The molecule has 120 valence electrons. The van der Waals surface area contributed by atoms with Crippen LogP contribution >= 0.6 is 0 Å². The molecule has 1 aromatic heterocycles. The first kappa shape index (κ1) is 15.9. The summed E-state index contributed by atoms with van der Waals surface area (Å²) in [7, 11) is 0. The first-order valence-corrected chi connectivity index (χ1v) is 8.20. The van der Waals surface area contributed by atoms with Gasteiger partial charge in [0.1, 0.15) is 5.69 Å². The molecule has 0 atom stereocenters. The van der Waals surface area contributed by atoms with Gasteiger partial charge in [0.25, 0.3) is 0 Å². The fourth-order valence-electron chi connectivity index (χ4n) is 2.78. The summed E-state index contributed by atoms with van der Waals surface area (Å²) in [5.74, 6) is 0. The predicted octanol–water partition coefficient (Wildman–Crippen LogP) is 3.66. The van der Waals surface area contributed by atoms with Crippen LogP contribution in [-0.2, 0) is 13.0 Å². The monoisotopic (exact) mass is 317 g/mol. The third-order valence-corrected chi connectivity index (χ3v) is 4.11. The van der Waals surface area contributed by atoms with Crippen molar-refractivity contribution in [2.75, 3.05) is 0 Å². The first-order chi connectivity index (χ1) is 11.7. The SMILES string of the molecule is CCCCc1nn(Cc2ccc(C#N)cc2)c2ccccc2c1=O. The lowest BCUT2D eigenvalue weighted by Gasteiger charge is -2.12. The fourth-order valence-corrected chi connectivity index (χ4v) is 2.78. The standard InChI is InChI=1S/C20H19N3O/c1-2-3-7-18-20(24)17-6-4-5-8-19(17)23(22-18)14-16-11-9-15(13-21)10-12-16/h4-6,8-12H,2-3,7,14H2,1H3. The summed E-state index contributed by atoms with van der Waals surface area (Å²) < 4.78 is 1.89. The molecular weight excluding hydrogens is 298 g/mol. The van der Waals surface area contributed by atoms with Crippen molar-refractivity contribution in [3.63, 3.8) is 0 Å². The van der Waals surface area contributed by atoms with E-state index in [9.17, 15) is 4.79 Å². The molecule has 0 radical (unpaired) electrons. The molecule has 1 heterocycles. The molecule has 24 heavy (non-hydrogen) atoms. The van der Waals surface area contributed by atoms with Crippen LogP contribution in [0.5, 0.6) is 0 Å². The van der Waals surface area contributed by atoms with Crippen LogP contribution in [0.2, 0.25) is 0 Å². The lowest BCUT2D eigenvalue weighted by atomic mass is 10.1. The molecule has 0 saturated heterocycles. The predicted molar refractivity (Wildman–Crippen MR) is 94.9 cm³/mol. The smallest absolute Gasteiger partial charge is 0.211 e. The third-order valence-electron chi connectivity index (χ3n) is 4.11. The van der Waals surface area contributed by atoms with Gasteiger partial charge in [0.05, 0.1) is 23.7 Å². The van der Waals surface area contributed by atoms with Crippen LogP contribution in [0.25, 0.3) is 10.9 Å². The van der Waals surface area contributed by atoms with Crippen molar-refractivity contribution in [2.24, 2.45) is 0 Å². The first-order valence-electron chi connectivity index (χ1n) is 8.20. The summed E-state index contributed by atoms with van der Waals surface area (Å²) in [6, 6.07) is 17.2. The van der Waals surface area contributed by atoms with Crippen LogP contribution in [-0.4, -0.2) is 9.78 Å². The molecule has 4 heteroatoms. The Morgan fingerprint density at radius 1 is 1.12 bits per heavy atom. The van der Waals surface area contributed by atoms with E-state index in [2.05, 4.69) is 18.1 Å². The van der Waals surface area contributed by atoms with Gasteiger partial charge in [-0.2, -0.15) is 10.4 Å². The van der Waals surface area contributed by atoms with E-state index in [4.69, 9.17) is 5.26 Å². The van der Waals surface area contributed by atoms with Crippen molar-refractivity contribution in [2.45, 2.75) is 32.7 Å². The Morgan fingerprint density at radius 2 is 1.88 bits per heavy atom. The van der Waals surface area contributed by atoms with Crippen LogP contribution in [0.4, 0.5) is 0 Å². The molecule has 0 spiro atoms. The zero-order chi connectivity index (χ0) is 16.9. The Hall–Kier alpha value is -2.93. The number of benzene rings is 2. The maximum Gasteiger partial charge on any atom is 0.211 e. The summed E-state index contributed by atoms with van der Waals surface area (Å²) in [6.07, 6.45) is 2.69. The highest BCUT2D eigenvalue weighted by Crippen LogP contribution is 2.13. The van der Waals surface area contributed by atoms with Crippen molar-refractivity contribution in [1.82, 2.24) is 9.78 Å². The Kier molecular flexibility index (Phi) is 4.72. The van der Waals surface area contributed by atoms with Crippen LogP contribution in [0.3, 0.4) is 0 Å². The van der Waals surface area contributed by atoms with Gasteiger partial charge in [-0.3, -0.25) is 9.48 Å². The van der Waals surface area contributed by atoms with Gasteiger partial charge in [-0.05, 0) is 42.7 Å². The summed E-state index contributed by atoms with van der Waals surface area (Å²) in [4.78, 5) is 12.6. The third kappa shape index (κ3) is 3.21. The number of hydrogen-bond acceptors (Lipinski definition) is 3. The minimum atomic E-state index is 0.0372. The number of aromatic nitrogens is 2. The van der Waals surface area contributed by atoms with E-state index in [1.54, 1.807) is 12.1 Å². The molecule has 0 aliphatic carbocycles. The molecule has 2 aromatic carbocycles. The molecule has 3 rings (SSSR count). The van der Waals surface area contributed by atoms with Gasteiger partial charge in [0.15, 0.2) is 0 Å². The van der Waals surface area contributed by atoms with Gasteiger partial charge >= 0.3 is 0 Å². The number of para-hydroxylation sites is 1. The van der Waals surface area contributed by atoms with E-state index in [-0.39, 0.29) is 5.43 Å². The summed E-state index contributed by atoms with van der Waals surface area (Å²) >= 11 is 0. The number of hydrogen-bond donors (Lipinski definition) is 0. The lowest BCUT2D eigenvalue weighted by Crippen LogP contribution is -2.19. The molecule has 0 saturated carbocycles. The second-order valence-electron chi connectivity index (χ2n) is 5.86. The summed E-state index contributed by atoms with van der Waals surface area (Å²) in [5.41, 5.74) is 3.20.